The minimum atomic E-state index is 0.588. The van der Waals surface area contributed by atoms with Crippen molar-refractivity contribution in [1.29, 1.82) is 0 Å². The van der Waals surface area contributed by atoms with Crippen molar-refractivity contribution < 1.29 is 0 Å². The zero-order valence-corrected chi connectivity index (χ0v) is 15.0. The molecule has 0 fully saturated rings. The maximum Gasteiger partial charge on any atom is 0.0537 e. The average molecular weight is 357 g/mol. The molecule has 15 heavy (non-hydrogen) atoms. The zero-order chi connectivity index (χ0) is 11.5. The first kappa shape index (κ1) is 17.8. The van der Waals surface area contributed by atoms with Crippen LogP contribution in [0.4, 0.5) is 0 Å². The van der Waals surface area contributed by atoms with Crippen LogP contribution < -0.4 is 0 Å². The first-order valence-corrected chi connectivity index (χ1v) is 10.9. The van der Waals surface area contributed by atoms with E-state index >= 15 is 0 Å². The highest BCUT2D eigenvalue weighted by atomic mass is 32.2. The molecule has 0 aliphatic rings. The van der Waals surface area contributed by atoms with Crippen molar-refractivity contribution >= 4 is 97.6 Å². The largest absolute Gasteiger partial charge is 0.168 e. The molecule has 8 heteroatoms. The van der Waals surface area contributed by atoms with Crippen molar-refractivity contribution in [3.8, 4) is 0 Å². The molecular weight excluding hydrogens is 341 g/mol. The van der Waals surface area contributed by atoms with E-state index in [9.17, 15) is 0 Å². The number of hydrogen-bond donors (Lipinski definition) is 4. The third-order valence-corrected chi connectivity index (χ3v) is 7.70. The lowest BCUT2D eigenvalue weighted by atomic mass is 10.5. The molecule has 0 rings (SSSR count). The fourth-order valence-corrected chi connectivity index (χ4v) is 8.28. The summed E-state index contributed by atoms with van der Waals surface area (Å²) in [6.07, 6.45) is 1.16. The van der Waals surface area contributed by atoms with E-state index in [4.69, 9.17) is 0 Å². The van der Waals surface area contributed by atoms with Crippen molar-refractivity contribution in [2.45, 2.75) is 15.6 Å². The normalized spacial score (nSPS) is 11.6. The number of thiol groups is 4. The van der Waals surface area contributed by atoms with Gasteiger partial charge in [-0.1, -0.05) is 0 Å². The zero-order valence-electron chi connectivity index (χ0n) is 8.11. The molecule has 0 nitrogen and oxygen atoms in total. The molecule has 0 aromatic heterocycles. The summed E-state index contributed by atoms with van der Waals surface area (Å²) in [6, 6.07) is 0. The highest BCUT2D eigenvalue weighted by Gasteiger charge is 2.16. The fourth-order valence-electron chi connectivity index (χ4n) is 0.858. The second kappa shape index (κ2) is 13.2. The molecule has 0 aliphatic carbocycles. The smallest absolute Gasteiger partial charge is 0.0537 e. The SMILES string of the molecule is SCSC(CC(SCS)SCS)SCS. The molecule has 0 saturated carbocycles. The highest BCUT2D eigenvalue weighted by Crippen LogP contribution is 2.37. The first-order chi connectivity index (χ1) is 7.28. The molecule has 0 atom stereocenters. The second-order valence-corrected chi connectivity index (χ2v) is 10.6. The van der Waals surface area contributed by atoms with Gasteiger partial charge >= 0.3 is 0 Å². The van der Waals surface area contributed by atoms with Crippen molar-refractivity contribution in [1.82, 2.24) is 0 Å². The van der Waals surface area contributed by atoms with E-state index < -0.39 is 0 Å². The Morgan fingerprint density at radius 2 is 0.867 bits per heavy atom. The summed E-state index contributed by atoms with van der Waals surface area (Å²) >= 11 is 24.6. The topological polar surface area (TPSA) is 0 Å². The van der Waals surface area contributed by atoms with Crippen LogP contribution in [0.15, 0.2) is 0 Å². The Labute approximate surface area is 132 Å². The number of rotatable bonds is 10. The lowest BCUT2D eigenvalue weighted by molar-refractivity contribution is 1.03. The van der Waals surface area contributed by atoms with Gasteiger partial charge in [0, 0.05) is 20.3 Å². The minimum Gasteiger partial charge on any atom is -0.168 e. The predicted molar refractivity (Wildman–Crippen MR) is 98.0 cm³/mol. The van der Waals surface area contributed by atoms with Crippen LogP contribution in [0.25, 0.3) is 0 Å². The maximum absolute atomic E-state index is 4.26. The lowest BCUT2D eigenvalue weighted by Crippen LogP contribution is -2.08. The van der Waals surface area contributed by atoms with Gasteiger partial charge in [0.25, 0.3) is 0 Å². The Bertz CT molecular complexity index is 106. The van der Waals surface area contributed by atoms with Gasteiger partial charge in [-0.3, -0.25) is 0 Å². The second-order valence-electron chi connectivity index (χ2n) is 2.28. The van der Waals surface area contributed by atoms with Crippen LogP contribution in [0, 0.1) is 0 Å². The summed E-state index contributed by atoms with van der Waals surface area (Å²) in [7, 11) is 0. The van der Waals surface area contributed by atoms with Crippen molar-refractivity contribution in [2.75, 3.05) is 20.3 Å². The summed E-state index contributed by atoms with van der Waals surface area (Å²) in [5.41, 5.74) is 0. The molecule has 0 spiro atoms. The van der Waals surface area contributed by atoms with Gasteiger partial charge in [0.05, 0.1) is 9.16 Å². The van der Waals surface area contributed by atoms with Crippen molar-refractivity contribution in [2.24, 2.45) is 0 Å². The lowest BCUT2D eigenvalue weighted by Gasteiger charge is -2.20. The molecule has 92 valence electrons. The van der Waals surface area contributed by atoms with Crippen molar-refractivity contribution in [3.63, 3.8) is 0 Å². The predicted octanol–water partition coefficient (Wildman–Crippen LogP) is 4.51. The van der Waals surface area contributed by atoms with Gasteiger partial charge in [-0.05, 0) is 6.42 Å². The van der Waals surface area contributed by atoms with Crippen LogP contribution in [0.5, 0.6) is 0 Å². The molecule has 0 unspecified atom stereocenters. The van der Waals surface area contributed by atoms with Gasteiger partial charge in [-0.25, -0.2) is 0 Å². The molecule has 0 aromatic carbocycles. The molecular formula is C7H16S8. The van der Waals surface area contributed by atoms with Crippen LogP contribution in [0.2, 0.25) is 0 Å². The van der Waals surface area contributed by atoms with Crippen LogP contribution in [-0.4, -0.2) is 29.5 Å². The van der Waals surface area contributed by atoms with E-state index in [1.54, 1.807) is 0 Å². The molecule has 0 amide bonds. The third-order valence-electron chi connectivity index (χ3n) is 1.43. The Morgan fingerprint density at radius 3 is 1.07 bits per heavy atom. The van der Waals surface area contributed by atoms with Gasteiger partial charge < -0.3 is 0 Å². The number of hydrogen-bond acceptors (Lipinski definition) is 8. The third kappa shape index (κ3) is 10.4. The van der Waals surface area contributed by atoms with Crippen LogP contribution >= 0.6 is 97.6 Å². The van der Waals surface area contributed by atoms with Gasteiger partial charge in [-0.2, -0.15) is 50.5 Å². The van der Waals surface area contributed by atoms with Gasteiger partial charge in [0.2, 0.25) is 0 Å². The highest BCUT2D eigenvalue weighted by molar-refractivity contribution is 8.24. The molecule has 0 aromatic rings. The molecule has 0 aliphatic heterocycles. The maximum atomic E-state index is 4.26. The Balaban J connectivity index is 3.93. The molecule has 0 saturated heterocycles. The first-order valence-electron chi connectivity index (χ1n) is 4.18. The van der Waals surface area contributed by atoms with E-state index in [1.165, 1.54) is 0 Å². The van der Waals surface area contributed by atoms with E-state index in [-0.39, 0.29) is 0 Å². The van der Waals surface area contributed by atoms with Crippen molar-refractivity contribution in [3.05, 3.63) is 0 Å². The summed E-state index contributed by atoms with van der Waals surface area (Å²) in [6.45, 7) is 0. The standard InChI is InChI=1S/C7H16S8/c8-2-12-6(13-3-9)1-7(14-4-10)15-5-11/h6-11H,1-5H2. The fraction of sp³-hybridized carbons (Fsp3) is 1.00. The van der Waals surface area contributed by atoms with Crippen LogP contribution in [-0.2, 0) is 0 Å². The van der Waals surface area contributed by atoms with Crippen LogP contribution in [0.3, 0.4) is 0 Å². The van der Waals surface area contributed by atoms with Crippen LogP contribution in [0.1, 0.15) is 6.42 Å². The summed E-state index contributed by atoms with van der Waals surface area (Å²) in [5.74, 6) is 0. The Morgan fingerprint density at radius 1 is 0.600 bits per heavy atom. The summed E-state index contributed by atoms with van der Waals surface area (Å²) < 4.78 is 1.18. The summed E-state index contributed by atoms with van der Waals surface area (Å²) in [4.78, 5) is 0. The monoisotopic (exact) mass is 356 g/mol. The Hall–Kier alpha value is 2.80. The van der Waals surface area contributed by atoms with E-state index in [1.807, 2.05) is 47.0 Å². The van der Waals surface area contributed by atoms with E-state index in [0.717, 1.165) is 26.8 Å². The Kier molecular flexibility index (Phi) is 15.7. The molecule has 0 N–H and O–H groups in total. The van der Waals surface area contributed by atoms with E-state index in [2.05, 4.69) is 50.5 Å². The quantitative estimate of drug-likeness (QED) is 0.336. The molecule has 0 bridgehead atoms. The van der Waals surface area contributed by atoms with Gasteiger partial charge in [-0.15, -0.1) is 47.0 Å². The number of thioether (sulfide) groups is 4. The molecule has 0 heterocycles. The molecule has 0 radical (unpaired) electrons. The van der Waals surface area contributed by atoms with Gasteiger partial charge in [0.1, 0.15) is 0 Å². The summed E-state index contributed by atoms with van der Waals surface area (Å²) in [5, 5.41) is 3.48. The van der Waals surface area contributed by atoms with E-state index in [0.29, 0.717) is 9.16 Å². The van der Waals surface area contributed by atoms with Gasteiger partial charge in [0.15, 0.2) is 0 Å². The average Bonchev–Trinajstić information content (AvgIpc) is 2.19. The minimum absolute atomic E-state index is 0.588.